The molecular weight excluding hydrogens is 152 g/mol. The molecule has 0 bridgehead atoms. The first kappa shape index (κ1) is 11.4. The summed E-state index contributed by atoms with van der Waals surface area (Å²) in [4.78, 5) is 10.5. The minimum atomic E-state index is 0.240. The normalized spacial score (nSPS) is 9.75. The van der Waals surface area contributed by atoms with Crippen LogP contribution in [0.25, 0.3) is 0 Å². The van der Waals surface area contributed by atoms with E-state index in [1.807, 2.05) is 6.08 Å². The number of Topliss-reactive ketones (excluding diaryl/α,β-unsaturated/α-hetero) is 1. The standard InChI is InChI=1S/C10H18O2/c1-3-4-5-8-12-9-6-7-10(2)11/h3H,1,4-9H2,2H3. The van der Waals surface area contributed by atoms with E-state index in [0.717, 1.165) is 25.9 Å². The minimum Gasteiger partial charge on any atom is -0.381 e. The Morgan fingerprint density at radius 1 is 1.42 bits per heavy atom. The first-order chi connectivity index (χ1) is 5.77. The van der Waals surface area contributed by atoms with Crippen molar-refractivity contribution in [2.24, 2.45) is 0 Å². The number of hydrogen-bond acceptors (Lipinski definition) is 2. The van der Waals surface area contributed by atoms with Gasteiger partial charge >= 0.3 is 0 Å². The molecule has 0 radical (unpaired) electrons. The van der Waals surface area contributed by atoms with Crippen LogP contribution in [0.3, 0.4) is 0 Å². The van der Waals surface area contributed by atoms with Crippen LogP contribution >= 0.6 is 0 Å². The molecule has 0 N–H and O–H groups in total. The molecule has 0 aromatic rings. The number of hydrogen-bond donors (Lipinski definition) is 0. The summed E-state index contributed by atoms with van der Waals surface area (Å²) in [5.74, 6) is 0.240. The van der Waals surface area contributed by atoms with Crippen LogP contribution in [0.1, 0.15) is 32.6 Å². The molecule has 0 aliphatic rings. The largest absolute Gasteiger partial charge is 0.381 e. The molecule has 0 saturated heterocycles. The SMILES string of the molecule is C=CCCCOCCCC(C)=O. The molecule has 0 aromatic carbocycles. The second kappa shape index (κ2) is 8.47. The molecule has 0 saturated carbocycles. The van der Waals surface area contributed by atoms with Crippen molar-refractivity contribution in [3.05, 3.63) is 12.7 Å². The Bertz CT molecular complexity index is 130. The highest BCUT2D eigenvalue weighted by Crippen LogP contribution is 1.94. The van der Waals surface area contributed by atoms with Gasteiger partial charge in [0.25, 0.3) is 0 Å². The summed E-state index contributed by atoms with van der Waals surface area (Å²) < 4.78 is 5.29. The number of unbranched alkanes of at least 4 members (excludes halogenated alkanes) is 1. The maximum absolute atomic E-state index is 10.5. The van der Waals surface area contributed by atoms with Gasteiger partial charge in [-0.25, -0.2) is 0 Å². The second-order valence-electron chi connectivity index (χ2n) is 2.85. The van der Waals surface area contributed by atoms with E-state index >= 15 is 0 Å². The van der Waals surface area contributed by atoms with Gasteiger partial charge in [-0.3, -0.25) is 0 Å². The highest BCUT2D eigenvalue weighted by molar-refractivity contribution is 5.75. The molecule has 0 aliphatic carbocycles. The topological polar surface area (TPSA) is 26.3 Å². The van der Waals surface area contributed by atoms with Crippen LogP contribution < -0.4 is 0 Å². The quantitative estimate of drug-likeness (QED) is 0.413. The first-order valence-electron chi connectivity index (χ1n) is 4.45. The third kappa shape index (κ3) is 9.37. The van der Waals surface area contributed by atoms with E-state index in [9.17, 15) is 4.79 Å². The van der Waals surface area contributed by atoms with Gasteiger partial charge in [-0.15, -0.1) is 6.58 Å². The lowest BCUT2D eigenvalue weighted by Crippen LogP contribution is -1.99. The highest BCUT2D eigenvalue weighted by Gasteiger charge is 1.92. The molecule has 0 unspecified atom stereocenters. The third-order valence-corrected chi connectivity index (χ3v) is 1.51. The average molecular weight is 170 g/mol. The summed E-state index contributed by atoms with van der Waals surface area (Å²) in [6, 6.07) is 0. The predicted molar refractivity (Wildman–Crippen MR) is 50.2 cm³/mol. The molecule has 2 nitrogen and oxygen atoms in total. The predicted octanol–water partition coefficient (Wildman–Crippen LogP) is 2.34. The van der Waals surface area contributed by atoms with E-state index in [0.29, 0.717) is 13.0 Å². The Labute approximate surface area is 74.6 Å². The number of carbonyl (C=O) groups excluding carboxylic acids is 1. The molecule has 0 aromatic heterocycles. The average Bonchev–Trinajstić information content (AvgIpc) is 2.02. The lowest BCUT2D eigenvalue weighted by molar-refractivity contribution is -0.117. The van der Waals surface area contributed by atoms with E-state index in [-0.39, 0.29) is 5.78 Å². The van der Waals surface area contributed by atoms with Crippen molar-refractivity contribution < 1.29 is 9.53 Å². The van der Waals surface area contributed by atoms with Gasteiger partial charge in [0.05, 0.1) is 0 Å². The summed E-state index contributed by atoms with van der Waals surface area (Å²) in [6.45, 7) is 6.71. The molecule has 0 spiro atoms. The summed E-state index contributed by atoms with van der Waals surface area (Å²) in [5.41, 5.74) is 0. The summed E-state index contributed by atoms with van der Waals surface area (Å²) in [6.07, 6.45) is 5.42. The van der Waals surface area contributed by atoms with Gasteiger partial charge < -0.3 is 9.53 Å². The molecule has 0 aliphatic heterocycles. The molecular formula is C10H18O2. The Morgan fingerprint density at radius 3 is 2.67 bits per heavy atom. The maximum atomic E-state index is 10.5. The van der Waals surface area contributed by atoms with Crippen molar-refractivity contribution in [1.82, 2.24) is 0 Å². The van der Waals surface area contributed by atoms with Gasteiger partial charge in [0.15, 0.2) is 0 Å². The number of ketones is 1. The Hall–Kier alpha value is -0.630. The molecule has 0 atom stereocenters. The molecule has 0 fully saturated rings. The Morgan fingerprint density at radius 2 is 2.08 bits per heavy atom. The lowest BCUT2D eigenvalue weighted by atomic mass is 10.2. The fraction of sp³-hybridized carbons (Fsp3) is 0.700. The summed E-state index contributed by atoms with van der Waals surface area (Å²) in [5, 5.41) is 0. The minimum absolute atomic E-state index is 0.240. The van der Waals surface area contributed by atoms with E-state index in [1.165, 1.54) is 0 Å². The van der Waals surface area contributed by atoms with Crippen LogP contribution in [0.5, 0.6) is 0 Å². The van der Waals surface area contributed by atoms with Crippen LogP contribution in [0.15, 0.2) is 12.7 Å². The zero-order valence-corrected chi connectivity index (χ0v) is 7.84. The Balaban J connectivity index is 2.90. The molecule has 0 amide bonds. The van der Waals surface area contributed by atoms with Crippen LogP contribution in [0.2, 0.25) is 0 Å². The smallest absolute Gasteiger partial charge is 0.129 e. The van der Waals surface area contributed by atoms with Crippen molar-refractivity contribution in [2.45, 2.75) is 32.6 Å². The number of ether oxygens (including phenoxy) is 1. The fourth-order valence-corrected chi connectivity index (χ4v) is 0.855. The first-order valence-corrected chi connectivity index (χ1v) is 4.45. The van der Waals surface area contributed by atoms with E-state index in [1.54, 1.807) is 6.92 Å². The zero-order valence-electron chi connectivity index (χ0n) is 7.84. The van der Waals surface area contributed by atoms with Gasteiger partial charge in [0.1, 0.15) is 5.78 Å². The molecule has 0 heterocycles. The van der Waals surface area contributed by atoms with Crippen molar-refractivity contribution in [3.8, 4) is 0 Å². The molecule has 2 heteroatoms. The number of allylic oxidation sites excluding steroid dienone is 1. The Kier molecular flexibility index (Phi) is 8.02. The zero-order chi connectivity index (χ0) is 9.23. The summed E-state index contributed by atoms with van der Waals surface area (Å²) >= 11 is 0. The van der Waals surface area contributed by atoms with Crippen LogP contribution in [0.4, 0.5) is 0 Å². The van der Waals surface area contributed by atoms with Crippen LogP contribution in [-0.4, -0.2) is 19.0 Å². The van der Waals surface area contributed by atoms with Crippen molar-refractivity contribution in [2.75, 3.05) is 13.2 Å². The van der Waals surface area contributed by atoms with E-state index in [4.69, 9.17) is 4.74 Å². The molecule has 0 rings (SSSR count). The van der Waals surface area contributed by atoms with Crippen LogP contribution in [-0.2, 0) is 9.53 Å². The fourth-order valence-electron chi connectivity index (χ4n) is 0.855. The van der Waals surface area contributed by atoms with Crippen molar-refractivity contribution in [3.63, 3.8) is 0 Å². The molecule has 70 valence electrons. The number of carbonyl (C=O) groups is 1. The third-order valence-electron chi connectivity index (χ3n) is 1.51. The maximum Gasteiger partial charge on any atom is 0.129 e. The van der Waals surface area contributed by atoms with Gasteiger partial charge in [-0.05, 0) is 26.2 Å². The van der Waals surface area contributed by atoms with Crippen LogP contribution in [0, 0.1) is 0 Å². The van der Waals surface area contributed by atoms with Gasteiger partial charge in [0, 0.05) is 19.6 Å². The van der Waals surface area contributed by atoms with Gasteiger partial charge in [-0.1, -0.05) is 6.08 Å². The van der Waals surface area contributed by atoms with E-state index < -0.39 is 0 Å². The van der Waals surface area contributed by atoms with E-state index in [2.05, 4.69) is 6.58 Å². The highest BCUT2D eigenvalue weighted by atomic mass is 16.5. The second-order valence-corrected chi connectivity index (χ2v) is 2.85. The monoisotopic (exact) mass is 170 g/mol. The molecule has 12 heavy (non-hydrogen) atoms. The number of rotatable bonds is 8. The van der Waals surface area contributed by atoms with Crippen molar-refractivity contribution >= 4 is 5.78 Å². The van der Waals surface area contributed by atoms with Gasteiger partial charge in [0.2, 0.25) is 0 Å². The summed E-state index contributed by atoms with van der Waals surface area (Å²) in [7, 11) is 0. The van der Waals surface area contributed by atoms with Crippen molar-refractivity contribution in [1.29, 1.82) is 0 Å². The van der Waals surface area contributed by atoms with Gasteiger partial charge in [-0.2, -0.15) is 0 Å². The lowest BCUT2D eigenvalue weighted by Gasteiger charge is -2.00.